The first kappa shape index (κ1) is 22.9. The number of hydrogen-bond donors (Lipinski definition) is 1. The molecule has 34 heavy (non-hydrogen) atoms. The maximum absolute atomic E-state index is 13.4. The molecule has 0 radical (unpaired) electrons. The maximum Gasteiger partial charge on any atom is 0.264 e. The predicted octanol–water partition coefficient (Wildman–Crippen LogP) is 5.81. The first-order chi connectivity index (χ1) is 16.5. The van der Waals surface area contributed by atoms with Gasteiger partial charge in [-0.15, -0.1) is 11.3 Å². The quantitative estimate of drug-likeness (QED) is 0.487. The molecule has 0 bridgehead atoms. The van der Waals surface area contributed by atoms with Gasteiger partial charge in [0.2, 0.25) is 5.91 Å². The Hall–Kier alpha value is -2.83. The van der Waals surface area contributed by atoms with Crippen molar-refractivity contribution in [2.45, 2.75) is 31.1 Å². The first-order valence-electron chi connectivity index (χ1n) is 11.8. The molecule has 1 N–H and O–H groups in total. The van der Waals surface area contributed by atoms with Crippen LogP contribution in [0.15, 0.2) is 66.0 Å². The molecule has 1 aromatic heterocycles. The van der Waals surface area contributed by atoms with Gasteiger partial charge in [0.05, 0.1) is 10.3 Å². The number of carbonyl (C=O) groups excluding carboxylic acids is 2. The van der Waals surface area contributed by atoms with E-state index in [0.29, 0.717) is 18.1 Å². The highest BCUT2D eigenvalue weighted by molar-refractivity contribution is 7.12. The lowest BCUT2D eigenvalue weighted by atomic mass is 9.78. The number of amides is 2. The van der Waals surface area contributed by atoms with Crippen LogP contribution < -0.4 is 10.2 Å². The molecule has 2 aromatic carbocycles. The molecule has 1 aliphatic carbocycles. The van der Waals surface area contributed by atoms with Gasteiger partial charge >= 0.3 is 0 Å². The van der Waals surface area contributed by atoms with Crippen molar-refractivity contribution in [3.63, 3.8) is 0 Å². The van der Waals surface area contributed by atoms with Crippen LogP contribution in [0.1, 0.15) is 40.9 Å². The predicted molar refractivity (Wildman–Crippen MR) is 139 cm³/mol. The van der Waals surface area contributed by atoms with E-state index < -0.39 is 5.41 Å². The summed E-state index contributed by atoms with van der Waals surface area (Å²) in [5.74, 6) is 0.176. The second kappa shape index (κ2) is 9.80. The summed E-state index contributed by atoms with van der Waals surface area (Å²) < 4.78 is 0. The van der Waals surface area contributed by atoms with Crippen LogP contribution >= 0.6 is 22.9 Å². The van der Waals surface area contributed by atoms with Crippen molar-refractivity contribution in [3.8, 4) is 0 Å². The van der Waals surface area contributed by atoms with Crippen molar-refractivity contribution in [1.29, 1.82) is 0 Å². The zero-order valence-electron chi connectivity index (χ0n) is 19.0. The highest BCUT2D eigenvalue weighted by atomic mass is 35.5. The van der Waals surface area contributed by atoms with E-state index in [9.17, 15) is 9.59 Å². The van der Waals surface area contributed by atoms with Gasteiger partial charge < -0.3 is 15.1 Å². The number of benzene rings is 2. The first-order valence-corrected chi connectivity index (χ1v) is 13.1. The topological polar surface area (TPSA) is 52.7 Å². The van der Waals surface area contributed by atoms with Crippen LogP contribution in [0.5, 0.6) is 0 Å². The van der Waals surface area contributed by atoms with E-state index in [0.717, 1.165) is 60.6 Å². The number of thiophene rings is 1. The Morgan fingerprint density at radius 3 is 2.18 bits per heavy atom. The van der Waals surface area contributed by atoms with Gasteiger partial charge in [0.15, 0.2) is 0 Å². The fourth-order valence-electron chi connectivity index (χ4n) is 5.12. The number of hydrogen-bond acceptors (Lipinski definition) is 4. The van der Waals surface area contributed by atoms with E-state index in [-0.39, 0.29) is 11.8 Å². The summed E-state index contributed by atoms with van der Waals surface area (Å²) in [6, 6.07) is 19.6. The molecule has 2 heterocycles. The standard InChI is InChI=1S/C27H28ClN3O2S/c28-21-7-5-20(6-8-21)27(13-1-2-14-27)26(33)29-22-9-11-23(12-10-22)30-15-17-31(18-16-30)25(32)24-4-3-19-34-24/h3-12,19H,1-2,13-18H2,(H,29,33). The minimum atomic E-state index is -0.491. The fraction of sp³-hybridized carbons (Fsp3) is 0.333. The highest BCUT2D eigenvalue weighted by Crippen LogP contribution is 2.42. The smallest absolute Gasteiger partial charge is 0.264 e. The Kier molecular flexibility index (Phi) is 6.61. The van der Waals surface area contributed by atoms with Crippen LogP contribution in [0.3, 0.4) is 0 Å². The van der Waals surface area contributed by atoms with Crippen molar-refractivity contribution in [2.75, 3.05) is 36.4 Å². The molecule has 0 atom stereocenters. The molecule has 5 nitrogen and oxygen atoms in total. The number of halogens is 1. The average molecular weight is 494 g/mol. The van der Waals surface area contributed by atoms with Crippen LogP contribution in [-0.2, 0) is 10.2 Å². The summed E-state index contributed by atoms with van der Waals surface area (Å²) in [6.45, 7) is 3.00. The molecule has 2 fully saturated rings. The molecule has 2 aliphatic rings. The van der Waals surface area contributed by atoms with Crippen LogP contribution in [-0.4, -0.2) is 42.9 Å². The molecule has 3 aromatic rings. The largest absolute Gasteiger partial charge is 0.368 e. The van der Waals surface area contributed by atoms with E-state index in [2.05, 4.69) is 22.3 Å². The van der Waals surface area contributed by atoms with Gasteiger partial charge in [-0.2, -0.15) is 0 Å². The highest BCUT2D eigenvalue weighted by Gasteiger charge is 2.42. The van der Waals surface area contributed by atoms with E-state index in [1.54, 1.807) is 0 Å². The lowest BCUT2D eigenvalue weighted by Gasteiger charge is -2.36. The minimum absolute atomic E-state index is 0.0563. The van der Waals surface area contributed by atoms with Crippen LogP contribution in [0, 0.1) is 0 Å². The summed E-state index contributed by atoms with van der Waals surface area (Å²) in [5, 5.41) is 5.79. The summed E-state index contributed by atoms with van der Waals surface area (Å²) in [5.41, 5.74) is 2.46. The summed E-state index contributed by atoms with van der Waals surface area (Å²) in [7, 11) is 0. The molecule has 7 heteroatoms. The number of nitrogens with one attached hydrogen (secondary N) is 1. The van der Waals surface area contributed by atoms with Gasteiger partial charge in [0.1, 0.15) is 0 Å². The molecule has 1 aliphatic heterocycles. The number of piperazine rings is 1. The van der Waals surface area contributed by atoms with E-state index in [1.165, 1.54) is 11.3 Å². The van der Waals surface area contributed by atoms with E-state index in [4.69, 9.17) is 11.6 Å². The Morgan fingerprint density at radius 2 is 1.56 bits per heavy atom. The van der Waals surface area contributed by atoms with Gasteiger partial charge in [0, 0.05) is 42.6 Å². The normalized spacial score (nSPS) is 17.6. The SMILES string of the molecule is O=C(c1cccs1)N1CCN(c2ccc(NC(=O)C3(c4ccc(Cl)cc4)CCCC3)cc2)CC1. The zero-order chi connectivity index (χ0) is 23.5. The monoisotopic (exact) mass is 493 g/mol. The number of carbonyl (C=O) groups is 2. The third-order valence-corrected chi connectivity index (χ3v) is 8.19. The molecule has 2 amide bonds. The van der Waals surface area contributed by atoms with Gasteiger partial charge in [-0.25, -0.2) is 0 Å². The number of rotatable bonds is 5. The number of nitrogens with zero attached hydrogens (tertiary/aromatic N) is 2. The molecule has 1 saturated carbocycles. The van der Waals surface area contributed by atoms with Gasteiger partial charge in [-0.1, -0.05) is 42.6 Å². The van der Waals surface area contributed by atoms with Crippen molar-refractivity contribution in [1.82, 2.24) is 4.90 Å². The third kappa shape index (κ3) is 4.57. The lowest BCUT2D eigenvalue weighted by molar-refractivity contribution is -0.121. The molecule has 0 spiro atoms. The van der Waals surface area contributed by atoms with Gasteiger partial charge in [0.25, 0.3) is 5.91 Å². The summed E-state index contributed by atoms with van der Waals surface area (Å²) in [6.07, 6.45) is 3.81. The van der Waals surface area contributed by atoms with E-state index in [1.807, 2.05) is 58.8 Å². The number of anilines is 2. The lowest BCUT2D eigenvalue weighted by Crippen LogP contribution is -2.48. The molecule has 1 saturated heterocycles. The zero-order valence-corrected chi connectivity index (χ0v) is 20.6. The van der Waals surface area contributed by atoms with Crippen molar-refractivity contribution >= 4 is 46.1 Å². The fourth-order valence-corrected chi connectivity index (χ4v) is 5.94. The second-order valence-corrected chi connectivity index (χ2v) is 10.4. The molecule has 0 unspecified atom stereocenters. The molecule has 176 valence electrons. The van der Waals surface area contributed by atoms with Crippen LogP contribution in [0.4, 0.5) is 11.4 Å². The Balaban J connectivity index is 1.22. The van der Waals surface area contributed by atoms with Crippen LogP contribution in [0.25, 0.3) is 0 Å². The van der Waals surface area contributed by atoms with Crippen molar-refractivity contribution in [3.05, 3.63) is 81.5 Å². The summed E-state index contributed by atoms with van der Waals surface area (Å²) >= 11 is 7.57. The third-order valence-electron chi connectivity index (χ3n) is 7.08. The maximum atomic E-state index is 13.4. The molecule has 5 rings (SSSR count). The second-order valence-electron chi connectivity index (χ2n) is 9.05. The van der Waals surface area contributed by atoms with Gasteiger partial charge in [-0.3, -0.25) is 9.59 Å². The van der Waals surface area contributed by atoms with Gasteiger partial charge in [-0.05, 0) is 66.2 Å². The Labute approximate surface area is 209 Å². The van der Waals surface area contributed by atoms with Crippen molar-refractivity contribution in [2.24, 2.45) is 0 Å². The molecular formula is C27H28ClN3O2S. The average Bonchev–Trinajstić information content (AvgIpc) is 3.58. The van der Waals surface area contributed by atoms with Crippen LogP contribution in [0.2, 0.25) is 5.02 Å². The van der Waals surface area contributed by atoms with Crippen molar-refractivity contribution < 1.29 is 9.59 Å². The minimum Gasteiger partial charge on any atom is -0.368 e. The Bertz CT molecular complexity index is 1130. The molecular weight excluding hydrogens is 466 g/mol. The van der Waals surface area contributed by atoms with E-state index >= 15 is 0 Å². The summed E-state index contributed by atoms with van der Waals surface area (Å²) in [4.78, 5) is 31.0. The Morgan fingerprint density at radius 1 is 0.882 bits per heavy atom.